The maximum Gasteiger partial charge on any atom is 0.252 e. The Labute approximate surface area is 178 Å². The number of carbonyl (C=O) groups is 1. The lowest BCUT2D eigenvalue weighted by molar-refractivity contribution is -0.115. The van der Waals surface area contributed by atoms with Gasteiger partial charge in [-0.1, -0.05) is 23.9 Å². The Balaban J connectivity index is 1.74. The first kappa shape index (κ1) is 21.4. The van der Waals surface area contributed by atoms with Crippen LogP contribution in [-0.4, -0.2) is 34.8 Å². The molecule has 1 unspecified atom stereocenters. The van der Waals surface area contributed by atoms with Crippen molar-refractivity contribution in [3.63, 3.8) is 0 Å². The quantitative estimate of drug-likeness (QED) is 0.419. The summed E-state index contributed by atoms with van der Waals surface area (Å²) < 4.78 is 10.7. The van der Waals surface area contributed by atoms with Crippen LogP contribution in [-0.2, 0) is 4.79 Å². The zero-order chi connectivity index (χ0) is 21.5. The molecule has 0 spiro atoms. The third-order valence-corrected chi connectivity index (χ3v) is 5.19. The third kappa shape index (κ3) is 5.42. The Morgan fingerprint density at radius 2 is 1.93 bits per heavy atom. The molecule has 1 atom stereocenters. The minimum atomic E-state index is -0.492. The number of carbonyl (C=O) groups excluding carboxylic acids is 1. The summed E-state index contributed by atoms with van der Waals surface area (Å²) in [5.74, 6) is 1.11. The monoisotopic (exact) mass is 425 g/mol. The third-order valence-electron chi connectivity index (χ3n) is 4.21. The molecule has 2 N–H and O–H groups in total. The highest BCUT2D eigenvalue weighted by molar-refractivity contribution is 8.00. The standard InChI is InChI=1S/C22H23N3O4S/c1-4-29-19-8-6-5-7-17(19)23-21(27)14(2)30-22-24-18(13-20(26)25-22)15-9-11-16(28-3)12-10-15/h5-14H,4H2,1-3H3,(H,23,27)(H,24,25,26). The van der Waals surface area contributed by atoms with Crippen LogP contribution in [0.25, 0.3) is 11.3 Å². The molecule has 8 heteroatoms. The fourth-order valence-electron chi connectivity index (χ4n) is 2.71. The SMILES string of the molecule is CCOc1ccccc1NC(=O)C(C)Sc1nc(-c2ccc(OC)cc2)cc(=O)[nH]1. The molecule has 156 valence electrons. The van der Waals surface area contributed by atoms with E-state index in [1.54, 1.807) is 38.3 Å². The topological polar surface area (TPSA) is 93.3 Å². The van der Waals surface area contributed by atoms with Gasteiger partial charge in [0.2, 0.25) is 5.91 Å². The van der Waals surface area contributed by atoms with E-state index in [0.717, 1.165) is 11.3 Å². The van der Waals surface area contributed by atoms with Gasteiger partial charge in [0.25, 0.3) is 5.56 Å². The van der Waals surface area contributed by atoms with Gasteiger partial charge in [-0.3, -0.25) is 9.59 Å². The molecule has 0 saturated heterocycles. The van der Waals surface area contributed by atoms with Gasteiger partial charge in [0.15, 0.2) is 5.16 Å². The van der Waals surface area contributed by atoms with Crippen LogP contribution in [0, 0.1) is 0 Å². The fraction of sp³-hybridized carbons (Fsp3) is 0.227. The molecule has 7 nitrogen and oxygen atoms in total. The molecule has 1 amide bonds. The van der Waals surface area contributed by atoms with E-state index in [2.05, 4.69) is 15.3 Å². The highest BCUT2D eigenvalue weighted by Gasteiger charge is 2.18. The molecule has 1 heterocycles. The number of hydrogen-bond donors (Lipinski definition) is 2. The maximum absolute atomic E-state index is 12.7. The van der Waals surface area contributed by atoms with Crippen molar-refractivity contribution in [2.45, 2.75) is 24.3 Å². The summed E-state index contributed by atoms with van der Waals surface area (Å²) in [5, 5.41) is 2.75. The van der Waals surface area contributed by atoms with Crippen molar-refractivity contribution in [1.29, 1.82) is 0 Å². The number of aromatic amines is 1. The van der Waals surface area contributed by atoms with E-state index < -0.39 is 5.25 Å². The van der Waals surface area contributed by atoms with Crippen LogP contribution < -0.4 is 20.3 Å². The van der Waals surface area contributed by atoms with Crippen molar-refractivity contribution in [1.82, 2.24) is 9.97 Å². The first-order valence-electron chi connectivity index (χ1n) is 9.45. The predicted molar refractivity (Wildman–Crippen MR) is 118 cm³/mol. The number of amides is 1. The number of aromatic nitrogens is 2. The van der Waals surface area contributed by atoms with Crippen LogP contribution in [0.15, 0.2) is 64.5 Å². The van der Waals surface area contributed by atoms with Gasteiger partial charge < -0.3 is 19.8 Å². The summed E-state index contributed by atoms with van der Waals surface area (Å²) in [4.78, 5) is 32.0. The van der Waals surface area contributed by atoms with Crippen LogP contribution in [0.4, 0.5) is 5.69 Å². The number of benzene rings is 2. The van der Waals surface area contributed by atoms with Crippen molar-refractivity contribution in [2.75, 3.05) is 19.0 Å². The van der Waals surface area contributed by atoms with Gasteiger partial charge >= 0.3 is 0 Å². The van der Waals surface area contributed by atoms with Crippen LogP contribution in [0.2, 0.25) is 0 Å². The van der Waals surface area contributed by atoms with Gasteiger partial charge in [-0.2, -0.15) is 0 Å². The zero-order valence-electron chi connectivity index (χ0n) is 17.0. The second-order valence-electron chi connectivity index (χ2n) is 6.34. The molecule has 0 radical (unpaired) electrons. The van der Waals surface area contributed by atoms with E-state index in [4.69, 9.17) is 9.47 Å². The molecular formula is C22H23N3O4S. The average molecular weight is 426 g/mol. The number of anilines is 1. The molecule has 0 bridgehead atoms. The summed E-state index contributed by atoms with van der Waals surface area (Å²) >= 11 is 1.18. The second kappa shape index (κ2) is 9.98. The number of methoxy groups -OCH3 is 1. The first-order chi connectivity index (χ1) is 14.5. The molecule has 2 aromatic carbocycles. The van der Waals surface area contributed by atoms with Gasteiger partial charge in [-0.15, -0.1) is 0 Å². The molecule has 3 aromatic rings. The highest BCUT2D eigenvalue weighted by atomic mass is 32.2. The molecule has 0 saturated carbocycles. The molecular weight excluding hydrogens is 402 g/mol. The number of hydrogen-bond acceptors (Lipinski definition) is 6. The smallest absolute Gasteiger partial charge is 0.252 e. The number of nitrogens with zero attached hydrogens (tertiary/aromatic N) is 1. The minimum absolute atomic E-state index is 0.218. The van der Waals surface area contributed by atoms with Gasteiger partial charge in [0.05, 0.1) is 30.3 Å². The van der Waals surface area contributed by atoms with Crippen molar-refractivity contribution in [3.8, 4) is 22.8 Å². The molecule has 0 aliphatic heterocycles. The number of ether oxygens (including phenoxy) is 2. The maximum atomic E-state index is 12.7. The molecule has 0 aliphatic rings. The number of thioether (sulfide) groups is 1. The van der Waals surface area contributed by atoms with Crippen molar-refractivity contribution in [3.05, 3.63) is 65.0 Å². The van der Waals surface area contributed by atoms with Crippen molar-refractivity contribution >= 4 is 23.4 Å². The Morgan fingerprint density at radius 3 is 2.63 bits per heavy atom. The summed E-state index contributed by atoms with van der Waals surface area (Å²) in [6.07, 6.45) is 0. The lowest BCUT2D eigenvalue weighted by Gasteiger charge is -2.14. The number of para-hydroxylation sites is 2. The Kier molecular flexibility index (Phi) is 7.13. The first-order valence-corrected chi connectivity index (χ1v) is 10.3. The minimum Gasteiger partial charge on any atom is -0.497 e. The number of nitrogens with one attached hydrogen (secondary N) is 2. The summed E-state index contributed by atoms with van der Waals surface area (Å²) in [6, 6.07) is 15.9. The Hall–Kier alpha value is -3.26. The summed E-state index contributed by atoms with van der Waals surface area (Å²) in [7, 11) is 1.59. The lowest BCUT2D eigenvalue weighted by Crippen LogP contribution is -2.23. The molecule has 0 aliphatic carbocycles. The van der Waals surface area contributed by atoms with E-state index in [1.807, 2.05) is 31.2 Å². The van der Waals surface area contributed by atoms with E-state index in [9.17, 15) is 9.59 Å². The fourth-order valence-corrected chi connectivity index (χ4v) is 3.52. The van der Waals surface area contributed by atoms with E-state index in [1.165, 1.54) is 17.8 Å². The predicted octanol–water partition coefficient (Wildman–Crippen LogP) is 3.96. The Morgan fingerprint density at radius 1 is 1.20 bits per heavy atom. The highest BCUT2D eigenvalue weighted by Crippen LogP contribution is 2.27. The normalized spacial score (nSPS) is 11.6. The summed E-state index contributed by atoms with van der Waals surface area (Å²) in [5.41, 5.74) is 1.63. The number of rotatable bonds is 8. The molecule has 1 aromatic heterocycles. The summed E-state index contributed by atoms with van der Waals surface area (Å²) in [6.45, 7) is 4.14. The van der Waals surface area contributed by atoms with E-state index in [-0.39, 0.29) is 11.5 Å². The van der Waals surface area contributed by atoms with Crippen molar-refractivity contribution < 1.29 is 14.3 Å². The van der Waals surface area contributed by atoms with Crippen LogP contribution >= 0.6 is 11.8 Å². The zero-order valence-corrected chi connectivity index (χ0v) is 17.8. The average Bonchev–Trinajstić information content (AvgIpc) is 2.75. The van der Waals surface area contributed by atoms with Crippen LogP contribution in [0.1, 0.15) is 13.8 Å². The molecule has 3 rings (SSSR count). The lowest BCUT2D eigenvalue weighted by atomic mass is 10.1. The Bertz CT molecular complexity index is 1070. The molecule has 30 heavy (non-hydrogen) atoms. The van der Waals surface area contributed by atoms with E-state index in [0.29, 0.717) is 28.9 Å². The van der Waals surface area contributed by atoms with Gasteiger partial charge in [-0.05, 0) is 50.2 Å². The van der Waals surface area contributed by atoms with E-state index >= 15 is 0 Å². The largest absolute Gasteiger partial charge is 0.497 e. The second-order valence-corrected chi connectivity index (χ2v) is 7.67. The number of H-pyrrole nitrogens is 1. The van der Waals surface area contributed by atoms with Gasteiger partial charge in [0, 0.05) is 11.6 Å². The van der Waals surface area contributed by atoms with Gasteiger partial charge in [0.1, 0.15) is 11.5 Å². The van der Waals surface area contributed by atoms with Gasteiger partial charge in [-0.25, -0.2) is 4.98 Å². The van der Waals surface area contributed by atoms with Crippen LogP contribution in [0.5, 0.6) is 11.5 Å². The van der Waals surface area contributed by atoms with Crippen molar-refractivity contribution in [2.24, 2.45) is 0 Å². The van der Waals surface area contributed by atoms with Crippen LogP contribution in [0.3, 0.4) is 0 Å². The molecule has 0 fully saturated rings.